The first-order valence-corrected chi connectivity index (χ1v) is 7.02. The van der Waals surface area contributed by atoms with Gasteiger partial charge in [0.15, 0.2) is 0 Å². The summed E-state index contributed by atoms with van der Waals surface area (Å²) in [5.41, 5.74) is 3.32. The molecule has 0 radical (unpaired) electrons. The van der Waals surface area contributed by atoms with Crippen LogP contribution in [0.5, 0.6) is 5.75 Å². The van der Waals surface area contributed by atoms with Gasteiger partial charge in [-0.1, -0.05) is 20.3 Å². The van der Waals surface area contributed by atoms with Gasteiger partial charge in [0, 0.05) is 17.6 Å². The molecule has 4 nitrogen and oxygen atoms in total. The van der Waals surface area contributed by atoms with Crippen LogP contribution in [0.15, 0.2) is 30.5 Å². The van der Waals surface area contributed by atoms with E-state index in [0.29, 0.717) is 5.95 Å². The Morgan fingerprint density at radius 3 is 2.50 bits per heavy atom. The van der Waals surface area contributed by atoms with Gasteiger partial charge in [0.1, 0.15) is 5.75 Å². The van der Waals surface area contributed by atoms with Gasteiger partial charge in [-0.3, -0.25) is 0 Å². The lowest BCUT2D eigenvalue weighted by atomic mass is 10.1. The Hall–Kier alpha value is -2.10. The molecule has 4 heteroatoms. The van der Waals surface area contributed by atoms with Crippen LogP contribution >= 0.6 is 0 Å². The first kappa shape index (κ1) is 14.3. The van der Waals surface area contributed by atoms with Gasteiger partial charge >= 0.3 is 0 Å². The minimum atomic E-state index is 0.645. The second-order valence-corrected chi connectivity index (χ2v) is 4.62. The monoisotopic (exact) mass is 271 g/mol. The van der Waals surface area contributed by atoms with Crippen molar-refractivity contribution in [2.45, 2.75) is 33.1 Å². The molecular formula is C16H21N3O. The number of anilines is 2. The largest absolute Gasteiger partial charge is 0.497 e. The van der Waals surface area contributed by atoms with E-state index in [2.05, 4.69) is 29.1 Å². The standard InChI is InChI=1S/C16H21N3O/c1-4-6-12-11-17-16(19-15(12)5-2)18-13-7-9-14(20-3)10-8-13/h7-11H,4-6H2,1-3H3,(H,17,18,19). The lowest BCUT2D eigenvalue weighted by Crippen LogP contribution is -2.03. The summed E-state index contributed by atoms with van der Waals surface area (Å²) >= 11 is 0. The summed E-state index contributed by atoms with van der Waals surface area (Å²) in [6.45, 7) is 4.29. The summed E-state index contributed by atoms with van der Waals surface area (Å²) in [6, 6.07) is 7.73. The van der Waals surface area contributed by atoms with Gasteiger partial charge in [0.25, 0.3) is 0 Å². The van der Waals surface area contributed by atoms with E-state index in [1.807, 2.05) is 30.5 Å². The summed E-state index contributed by atoms with van der Waals surface area (Å²) in [6.07, 6.45) is 5.00. The number of rotatable bonds is 6. The molecule has 2 aromatic rings. The van der Waals surface area contributed by atoms with E-state index in [4.69, 9.17) is 4.74 Å². The van der Waals surface area contributed by atoms with E-state index < -0.39 is 0 Å². The summed E-state index contributed by atoms with van der Waals surface area (Å²) in [4.78, 5) is 8.98. The zero-order valence-corrected chi connectivity index (χ0v) is 12.3. The molecule has 0 fully saturated rings. The summed E-state index contributed by atoms with van der Waals surface area (Å²) < 4.78 is 5.14. The Kier molecular flexibility index (Phi) is 4.93. The number of aromatic nitrogens is 2. The van der Waals surface area contributed by atoms with Crippen molar-refractivity contribution in [1.29, 1.82) is 0 Å². The van der Waals surface area contributed by atoms with E-state index in [1.165, 1.54) is 5.56 Å². The first-order chi connectivity index (χ1) is 9.76. The average Bonchev–Trinajstić information content (AvgIpc) is 2.50. The van der Waals surface area contributed by atoms with E-state index in [-0.39, 0.29) is 0 Å². The zero-order valence-electron chi connectivity index (χ0n) is 12.3. The van der Waals surface area contributed by atoms with Gasteiger partial charge in [-0.2, -0.15) is 0 Å². The quantitative estimate of drug-likeness (QED) is 0.869. The Bertz CT molecular complexity index is 552. The number of benzene rings is 1. The number of aryl methyl sites for hydroxylation is 2. The molecule has 0 spiro atoms. The topological polar surface area (TPSA) is 47.0 Å². The molecule has 2 rings (SSSR count). The Balaban J connectivity index is 2.16. The Labute approximate surface area is 120 Å². The Morgan fingerprint density at radius 2 is 1.90 bits per heavy atom. The van der Waals surface area contributed by atoms with Crippen LogP contribution in [0.2, 0.25) is 0 Å². The average molecular weight is 271 g/mol. The van der Waals surface area contributed by atoms with Crippen molar-refractivity contribution < 1.29 is 4.74 Å². The highest BCUT2D eigenvalue weighted by Crippen LogP contribution is 2.19. The van der Waals surface area contributed by atoms with Gasteiger partial charge in [0.2, 0.25) is 5.95 Å². The van der Waals surface area contributed by atoms with Crippen molar-refractivity contribution in [3.63, 3.8) is 0 Å². The fourth-order valence-electron chi connectivity index (χ4n) is 2.09. The highest BCUT2D eigenvalue weighted by Gasteiger charge is 2.05. The number of ether oxygens (including phenoxy) is 1. The third kappa shape index (κ3) is 3.47. The third-order valence-corrected chi connectivity index (χ3v) is 3.15. The molecule has 0 amide bonds. The molecule has 0 saturated heterocycles. The van der Waals surface area contributed by atoms with E-state index >= 15 is 0 Å². The smallest absolute Gasteiger partial charge is 0.227 e. The molecule has 0 aliphatic carbocycles. The number of hydrogen-bond donors (Lipinski definition) is 1. The molecule has 1 heterocycles. The maximum absolute atomic E-state index is 5.14. The first-order valence-electron chi connectivity index (χ1n) is 7.02. The SMILES string of the molecule is CCCc1cnc(Nc2ccc(OC)cc2)nc1CC. The summed E-state index contributed by atoms with van der Waals surface area (Å²) in [5.74, 6) is 1.48. The van der Waals surface area contributed by atoms with Gasteiger partial charge in [-0.15, -0.1) is 0 Å². The van der Waals surface area contributed by atoms with Gasteiger partial charge < -0.3 is 10.1 Å². The van der Waals surface area contributed by atoms with E-state index in [0.717, 1.165) is 36.4 Å². The minimum Gasteiger partial charge on any atom is -0.497 e. The number of hydrogen-bond acceptors (Lipinski definition) is 4. The molecule has 1 aromatic carbocycles. The molecule has 0 aliphatic heterocycles. The summed E-state index contributed by atoms with van der Waals surface area (Å²) in [7, 11) is 1.66. The molecule has 0 atom stereocenters. The van der Waals surface area contributed by atoms with Crippen LogP contribution < -0.4 is 10.1 Å². The maximum Gasteiger partial charge on any atom is 0.227 e. The highest BCUT2D eigenvalue weighted by molar-refractivity contribution is 5.54. The van der Waals surface area contributed by atoms with E-state index in [1.54, 1.807) is 7.11 Å². The lowest BCUT2D eigenvalue weighted by molar-refractivity contribution is 0.415. The molecule has 0 unspecified atom stereocenters. The van der Waals surface area contributed by atoms with E-state index in [9.17, 15) is 0 Å². The predicted octanol–water partition coefficient (Wildman–Crippen LogP) is 3.74. The van der Waals surface area contributed by atoms with Crippen molar-refractivity contribution in [3.8, 4) is 5.75 Å². The molecule has 1 aromatic heterocycles. The third-order valence-electron chi connectivity index (χ3n) is 3.15. The molecule has 1 N–H and O–H groups in total. The highest BCUT2D eigenvalue weighted by atomic mass is 16.5. The van der Waals surface area contributed by atoms with Crippen LogP contribution in [0, 0.1) is 0 Å². The van der Waals surface area contributed by atoms with Gasteiger partial charge in [0.05, 0.1) is 7.11 Å². The number of nitrogens with one attached hydrogen (secondary N) is 1. The van der Waals surface area contributed by atoms with Crippen molar-refractivity contribution in [3.05, 3.63) is 41.7 Å². The fraction of sp³-hybridized carbons (Fsp3) is 0.375. The molecule has 0 aliphatic rings. The van der Waals surface area contributed by atoms with Crippen LogP contribution in [0.1, 0.15) is 31.5 Å². The zero-order chi connectivity index (χ0) is 14.4. The van der Waals surface area contributed by atoms with Crippen LogP contribution in [0.4, 0.5) is 11.6 Å². The molecule has 0 saturated carbocycles. The number of nitrogens with zero attached hydrogens (tertiary/aromatic N) is 2. The minimum absolute atomic E-state index is 0.645. The Morgan fingerprint density at radius 1 is 1.15 bits per heavy atom. The normalized spacial score (nSPS) is 10.3. The van der Waals surface area contributed by atoms with Crippen molar-refractivity contribution >= 4 is 11.6 Å². The van der Waals surface area contributed by atoms with Crippen molar-refractivity contribution in [2.75, 3.05) is 12.4 Å². The fourth-order valence-corrected chi connectivity index (χ4v) is 2.09. The van der Waals surface area contributed by atoms with Crippen LogP contribution in [0.25, 0.3) is 0 Å². The van der Waals surface area contributed by atoms with Gasteiger partial charge in [-0.05, 0) is 42.7 Å². The summed E-state index contributed by atoms with van der Waals surface area (Å²) in [5, 5.41) is 3.22. The van der Waals surface area contributed by atoms with Crippen LogP contribution in [0.3, 0.4) is 0 Å². The predicted molar refractivity (Wildman–Crippen MR) is 81.7 cm³/mol. The van der Waals surface area contributed by atoms with Crippen LogP contribution in [-0.2, 0) is 12.8 Å². The lowest BCUT2D eigenvalue weighted by Gasteiger charge is -2.10. The molecule has 106 valence electrons. The maximum atomic E-state index is 5.14. The van der Waals surface area contributed by atoms with Crippen LogP contribution in [-0.4, -0.2) is 17.1 Å². The van der Waals surface area contributed by atoms with Crippen molar-refractivity contribution in [1.82, 2.24) is 9.97 Å². The second-order valence-electron chi connectivity index (χ2n) is 4.62. The second kappa shape index (κ2) is 6.89. The molecule has 0 bridgehead atoms. The molecular weight excluding hydrogens is 250 g/mol. The molecule has 20 heavy (non-hydrogen) atoms. The number of methoxy groups -OCH3 is 1. The van der Waals surface area contributed by atoms with Gasteiger partial charge in [-0.25, -0.2) is 9.97 Å². The van der Waals surface area contributed by atoms with Crippen molar-refractivity contribution in [2.24, 2.45) is 0 Å².